The van der Waals surface area contributed by atoms with E-state index in [2.05, 4.69) is 9.80 Å². The number of nitrogens with zero attached hydrogens (tertiary/aromatic N) is 3. The predicted octanol–water partition coefficient (Wildman–Crippen LogP) is -0.563. The number of rotatable bonds is 7. The normalized spacial score (nSPS) is 28.5. The minimum atomic E-state index is -3.69. The minimum Gasteiger partial charge on any atom is -0.390 e. The Morgan fingerprint density at radius 3 is 2.39 bits per heavy atom. The summed E-state index contributed by atoms with van der Waals surface area (Å²) in [6, 6.07) is 8.24. The van der Waals surface area contributed by atoms with Crippen LogP contribution in [0, 0.1) is 0 Å². The van der Waals surface area contributed by atoms with E-state index < -0.39 is 21.7 Å². The van der Waals surface area contributed by atoms with Gasteiger partial charge in [-0.25, -0.2) is 8.42 Å². The number of aliphatic hydroxyl groups is 2. The molecule has 2 fully saturated rings. The summed E-state index contributed by atoms with van der Waals surface area (Å²) in [5.74, 6) is 0. The Hall–Kier alpha value is -1.07. The van der Waals surface area contributed by atoms with Crippen LogP contribution in [0.1, 0.15) is 6.42 Å². The Balaban J connectivity index is 1.64. The van der Waals surface area contributed by atoms with E-state index in [4.69, 9.17) is 4.74 Å². The van der Waals surface area contributed by atoms with Gasteiger partial charge in [-0.1, -0.05) is 18.2 Å². The van der Waals surface area contributed by atoms with E-state index in [1.54, 1.807) is 37.4 Å². The van der Waals surface area contributed by atoms with Gasteiger partial charge in [0.1, 0.15) is 5.60 Å². The van der Waals surface area contributed by atoms with Crippen LogP contribution < -0.4 is 0 Å². The molecule has 28 heavy (non-hydrogen) atoms. The number of hydrogen-bond donors (Lipinski definition) is 2. The third-order valence-electron chi connectivity index (χ3n) is 5.68. The Kier molecular flexibility index (Phi) is 7.08. The number of methoxy groups -OCH3 is 1. The summed E-state index contributed by atoms with van der Waals surface area (Å²) in [6.07, 6.45) is -0.725. The monoisotopic (exact) mass is 413 g/mol. The summed E-state index contributed by atoms with van der Waals surface area (Å²) >= 11 is 0. The fraction of sp³-hybridized carbons (Fsp3) is 0.684. The average molecular weight is 414 g/mol. The first kappa shape index (κ1) is 21.6. The molecule has 9 heteroatoms. The lowest BCUT2D eigenvalue weighted by atomic mass is 9.90. The first-order valence-electron chi connectivity index (χ1n) is 9.74. The lowest BCUT2D eigenvalue weighted by Gasteiger charge is -2.45. The third kappa shape index (κ3) is 4.91. The van der Waals surface area contributed by atoms with Gasteiger partial charge in [-0.05, 0) is 18.6 Å². The van der Waals surface area contributed by atoms with Crippen molar-refractivity contribution in [2.45, 2.75) is 23.0 Å². The fourth-order valence-corrected chi connectivity index (χ4v) is 5.44. The summed E-state index contributed by atoms with van der Waals surface area (Å²) < 4.78 is 32.2. The van der Waals surface area contributed by atoms with Crippen LogP contribution in [-0.2, 0) is 14.8 Å². The average Bonchev–Trinajstić information content (AvgIpc) is 2.70. The molecule has 0 amide bonds. The van der Waals surface area contributed by atoms with Crippen LogP contribution in [0.25, 0.3) is 0 Å². The Morgan fingerprint density at radius 2 is 1.75 bits per heavy atom. The van der Waals surface area contributed by atoms with Crippen molar-refractivity contribution >= 4 is 10.0 Å². The topological polar surface area (TPSA) is 93.5 Å². The molecule has 2 N–H and O–H groups in total. The van der Waals surface area contributed by atoms with Gasteiger partial charge in [0.15, 0.2) is 0 Å². The minimum absolute atomic E-state index is 0.102. The quantitative estimate of drug-likeness (QED) is 0.619. The second-order valence-corrected chi connectivity index (χ2v) is 9.61. The van der Waals surface area contributed by atoms with Crippen molar-refractivity contribution in [2.24, 2.45) is 0 Å². The lowest BCUT2D eigenvalue weighted by Crippen LogP contribution is -2.64. The van der Waals surface area contributed by atoms with Crippen molar-refractivity contribution < 1.29 is 23.4 Å². The number of piperazine rings is 1. The summed E-state index contributed by atoms with van der Waals surface area (Å²) in [7, 11) is -2.01. The van der Waals surface area contributed by atoms with Crippen LogP contribution >= 0.6 is 0 Å². The highest BCUT2D eigenvalue weighted by Crippen LogP contribution is 2.28. The lowest BCUT2D eigenvalue weighted by molar-refractivity contribution is -0.123. The van der Waals surface area contributed by atoms with Crippen LogP contribution in [0.15, 0.2) is 35.2 Å². The molecular weight excluding hydrogens is 382 g/mol. The zero-order chi connectivity index (χ0) is 20.2. The number of hydrogen-bond acceptors (Lipinski definition) is 7. The molecule has 2 aliphatic rings. The molecule has 2 aliphatic heterocycles. The van der Waals surface area contributed by atoms with Crippen molar-refractivity contribution in [3.63, 3.8) is 0 Å². The highest BCUT2D eigenvalue weighted by molar-refractivity contribution is 7.89. The van der Waals surface area contributed by atoms with Gasteiger partial charge < -0.3 is 14.9 Å². The molecule has 0 radical (unpaired) electrons. The van der Waals surface area contributed by atoms with Gasteiger partial charge >= 0.3 is 0 Å². The maximum atomic E-state index is 12.9. The molecule has 0 spiro atoms. The summed E-state index contributed by atoms with van der Waals surface area (Å²) in [5.41, 5.74) is -1.48. The molecule has 2 heterocycles. The van der Waals surface area contributed by atoms with Gasteiger partial charge in [-0.15, -0.1) is 0 Å². The van der Waals surface area contributed by atoms with E-state index >= 15 is 0 Å². The summed E-state index contributed by atoms with van der Waals surface area (Å²) in [4.78, 5) is 4.61. The van der Waals surface area contributed by atoms with Gasteiger partial charge in [0.2, 0.25) is 10.0 Å². The Bertz CT molecular complexity index is 724. The van der Waals surface area contributed by atoms with Gasteiger partial charge in [0.05, 0.1) is 17.6 Å². The first-order valence-corrected chi connectivity index (χ1v) is 11.2. The number of ether oxygens (including phenoxy) is 1. The van der Waals surface area contributed by atoms with Gasteiger partial charge in [0.25, 0.3) is 0 Å². The van der Waals surface area contributed by atoms with E-state index in [9.17, 15) is 18.6 Å². The Labute approximate surface area is 167 Å². The van der Waals surface area contributed by atoms with Crippen molar-refractivity contribution in [1.29, 1.82) is 0 Å². The molecular formula is C19H31N3O5S. The largest absolute Gasteiger partial charge is 0.390 e. The molecule has 158 valence electrons. The maximum absolute atomic E-state index is 12.9. The molecule has 0 saturated carbocycles. The maximum Gasteiger partial charge on any atom is 0.243 e. The molecule has 0 aliphatic carbocycles. The zero-order valence-corrected chi connectivity index (χ0v) is 17.2. The third-order valence-corrected chi connectivity index (χ3v) is 7.54. The number of piperidine rings is 1. The molecule has 0 aromatic heterocycles. The highest BCUT2D eigenvalue weighted by atomic mass is 32.2. The van der Waals surface area contributed by atoms with Gasteiger partial charge in [0, 0.05) is 59.5 Å². The Morgan fingerprint density at radius 1 is 1.11 bits per heavy atom. The summed E-state index contributed by atoms with van der Waals surface area (Å²) in [6.45, 7) is 5.18. The summed E-state index contributed by atoms with van der Waals surface area (Å²) in [5, 5.41) is 21.6. The van der Waals surface area contributed by atoms with Crippen LogP contribution in [0.3, 0.4) is 0 Å². The SMILES string of the molecule is COCCN1CCN(C[C@@]2(O)CN(S(=O)(=O)c3ccccc3)CC[C@@H]2O)CC1. The second kappa shape index (κ2) is 9.17. The smallest absolute Gasteiger partial charge is 0.243 e. The number of β-amino-alcohol motifs (C(OH)–C–C–N with tert-alkyl or cyclic N) is 1. The van der Waals surface area contributed by atoms with Crippen LogP contribution in [-0.4, -0.2) is 111 Å². The molecule has 0 unspecified atom stereocenters. The molecule has 2 atom stereocenters. The van der Waals surface area contributed by atoms with E-state index in [1.807, 2.05) is 0 Å². The molecule has 0 bridgehead atoms. The van der Waals surface area contributed by atoms with Crippen LogP contribution in [0.2, 0.25) is 0 Å². The van der Waals surface area contributed by atoms with Crippen molar-refractivity contribution in [3.8, 4) is 0 Å². The van der Waals surface area contributed by atoms with E-state index in [0.717, 1.165) is 32.7 Å². The fourth-order valence-electron chi connectivity index (χ4n) is 3.91. The molecule has 1 aromatic carbocycles. The molecule has 8 nitrogen and oxygen atoms in total. The van der Waals surface area contributed by atoms with Crippen molar-refractivity contribution in [2.75, 3.05) is 66.1 Å². The van der Waals surface area contributed by atoms with E-state index in [-0.39, 0.29) is 31.0 Å². The van der Waals surface area contributed by atoms with Gasteiger partial charge in [-0.3, -0.25) is 9.80 Å². The standard InChI is InChI=1S/C19H31N3O5S/c1-27-14-13-20-9-11-21(12-10-20)15-19(24)16-22(8-7-18(19)23)28(25,26)17-5-3-2-4-6-17/h2-6,18,23-24H,7-16H2,1H3/t18-,19+/m0/s1. The first-order chi connectivity index (χ1) is 13.3. The zero-order valence-electron chi connectivity index (χ0n) is 16.4. The van der Waals surface area contributed by atoms with E-state index in [1.165, 1.54) is 4.31 Å². The predicted molar refractivity (Wildman–Crippen MR) is 106 cm³/mol. The molecule has 3 rings (SSSR count). The highest BCUT2D eigenvalue weighted by Gasteiger charge is 2.46. The molecule has 2 saturated heterocycles. The van der Waals surface area contributed by atoms with Crippen LogP contribution in [0.4, 0.5) is 0 Å². The second-order valence-electron chi connectivity index (χ2n) is 7.67. The number of benzene rings is 1. The number of sulfonamides is 1. The van der Waals surface area contributed by atoms with E-state index in [0.29, 0.717) is 6.61 Å². The van der Waals surface area contributed by atoms with Gasteiger partial charge in [-0.2, -0.15) is 4.31 Å². The number of aliphatic hydroxyl groups excluding tert-OH is 1. The van der Waals surface area contributed by atoms with Crippen LogP contribution in [0.5, 0.6) is 0 Å². The molecule has 1 aromatic rings. The van der Waals surface area contributed by atoms with Crippen molar-refractivity contribution in [3.05, 3.63) is 30.3 Å². The van der Waals surface area contributed by atoms with Crippen molar-refractivity contribution in [1.82, 2.24) is 14.1 Å².